The number of nitrogens with zero attached hydrogens (tertiary/aromatic N) is 1. The van der Waals surface area contributed by atoms with Gasteiger partial charge in [0.15, 0.2) is 0 Å². The van der Waals surface area contributed by atoms with Gasteiger partial charge < -0.3 is 4.74 Å². The molecule has 3 nitrogen and oxygen atoms in total. The Hall–Kier alpha value is -3.76. The zero-order valence-electron chi connectivity index (χ0n) is 22.4. The number of esters is 1. The standard InChI is InChI=1S/C34H36FNO2/c1-4-38-34(37)23-33(30-17-11-14-28(20-30)21-31-22-32(35)19-18-25(31)2)36(24-27-12-7-5-8-13-27)26(3)29-15-9-6-10-16-29/h5-20,22,26,33H,4,21,23-24H2,1-3H3/t26-,33+/m1/s1. The van der Waals surface area contributed by atoms with Gasteiger partial charge in [-0.2, -0.15) is 0 Å². The molecule has 0 aliphatic heterocycles. The van der Waals surface area contributed by atoms with Crippen LogP contribution >= 0.6 is 0 Å². The van der Waals surface area contributed by atoms with Crippen LogP contribution in [0.1, 0.15) is 65.7 Å². The molecule has 0 N–H and O–H groups in total. The highest BCUT2D eigenvalue weighted by atomic mass is 19.1. The van der Waals surface area contributed by atoms with E-state index in [1.807, 2.05) is 50.2 Å². The highest BCUT2D eigenvalue weighted by Crippen LogP contribution is 2.35. The lowest BCUT2D eigenvalue weighted by atomic mass is 9.93. The molecule has 0 aliphatic rings. The minimum absolute atomic E-state index is 0.0463. The molecule has 0 aromatic heterocycles. The van der Waals surface area contributed by atoms with Crippen LogP contribution in [0.3, 0.4) is 0 Å². The van der Waals surface area contributed by atoms with Crippen LogP contribution in [-0.4, -0.2) is 17.5 Å². The van der Waals surface area contributed by atoms with Gasteiger partial charge in [-0.25, -0.2) is 4.39 Å². The van der Waals surface area contributed by atoms with Gasteiger partial charge in [0.2, 0.25) is 0 Å². The molecule has 0 spiro atoms. The van der Waals surface area contributed by atoms with Crippen LogP contribution in [0.5, 0.6) is 0 Å². The van der Waals surface area contributed by atoms with Gasteiger partial charge in [-0.3, -0.25) is 9.69 Å². The molecule has 38 heavy (non-hydrogen) atoms. The van der Waals surface area contributed by atoms with E-state index >= 15 is 0 Å². The second-order valence-electron chi connectivity index (χ2n) is 9.76. The van der Waals surface area contributed by atoms with Crippen molar-refractivity contribution in [3.05, 3.63) is 142 Å². The first-order valence-electron chi connectivity index (χ1n) is 13.3. The zero-order valence-corrected chi connectivity index (χ0v) is 22.4. The number of rotatable bonds is 11. The van der Waals surface area contributed by atoms with Gasteiger partial charge in [0.05, 0.1) is 13.0 Å². The molecular formula is C34H36FNO2. The van der Waals surface area contributed by atoms with Crippen molar-refractivity contribution in [3.8, 4) is 0 Å². The number of carbonyl (C=O) groups excluding carboxylic acids is 1. The molecule has 4 aromatic rings. The number of halogens is 1. The number of carbonyl (C=O) groups is 1. The normalized spacial score (nSPS) is 12.8. The molecule has 0 heterocycles. The van der Waals surface area contributed by atoms with E-state index in [9.17, 15) is 9.18 Å². The summed E-state index contributed by atoms with van der Waals surface area (Å²) in [5, 5.41) is 0. The number of aryl methyl sites for hydroxylation is 1. The predicted molar refractivity (Wildman–Crippen MR) is 151 cm³/mol. The van der Waals surface area contributed by atoms with Crippen molar-refractivity contribution in [1.82, 2.24) is 4.90 Å². The molecule has 0 aliphatic carbocycles. The van der Waals surface area contributed by atoms with Gasteiger partial charge in [-0.1, -0.05) is 91.0 Å². The largest absolute Gasteiger partial charge is 0.466 e. The van der Waals surface area contributed by atoms with Crippen LogP contribution in [0.15, 0.2) is 103 Å². The maximum Gasteiger partial charge on any atom is 0.307 e. The second-order valence-corrected chi connectivity index (χ2v) is 9.76. The van der Waals surface area contributed by atoms with Crippen molar-refractivity contribution >= 4 is 5.97 Å². The number of hydrogen-bond donors (Lipinski definition) is 0. The summed E-state index contributed by atoms with van der Waals surface area (Å²) in [6.45, 7) is 7.05. The molecule has 4 aromatic carbocycles. The van der Waals surface area contributed by atoms with Crippen LogP contribution in [0.25, 0.3) is 0 Å². The monoisotopic (exact) mass is 509 g/mol. The lowest BCUT2D eigenvalue weighted by Crippen LogP contribution is -2.33. The van der Waals surface area contributed by atoms with Crippen LogP contribution in [0.2, 0.25) is 0 Å². The molecule has 0 saturated carbocycles. The minimum atomic E-state index is -0.229. The third-order valence-corrected chi connectivity index (χ3v) is 7.09. The Bertz CT molecular complexity index is 1320. The Balaban J connectivity index is 1.75. The topological polar surface area (TPSA) is 29.5 Å². The minimum Gasteiger partial charge on any atom is -0.466 e. The van der Waals surface area contributed by atoms with Gasteiger partial charge >= 0.3 is 5.97 Å². The van der Waals surface area contributed by atoms with E-state index in [1.54, 1.807) is 6.07 Å². The molecule has 0 unspecified atom stereocenters. The maximum absolute atomic E-state index is 14.0. The Kier molecular flexibility index (Phi) is 9.45. The van der Waals surface area contributed by atoms with Gasteiger partial charge in [-0.15, -0.1) is 0 Å². The van der Waals surface area contributed by atoms with E-state index in [2.05, 4.69) is 66.4 Å². The summed E-state index contributed by atoms with van der Waals surface area (Å²) in [6, 6.07) is 33.8. The Morgan fingerprint density at radius 3 is 2.21 bits per heavy atom. The first-order chi connectivity index (χ1) is 18.4. The fraction of sp³-hybridized carbons (Fsp3) is 0.265. The molecular weight excluding hydrogens is 473 g/mol. The fourth-order valence-corrected chi connectivity index (χ4v) is 5.00. The first kappa shape index (κ1) is 27.3. The highest BCUT2D eigenvalue weighted by molar-refractivity contribution is 5.70. The molecule has 0 radical (unpaired) electrons. The van der Waals surface area contributed by atoms with E-state index in [0.29, 0.717) is 19.6 Å². The van der Waals surface area contributed by atoms with Crippen molar-refractivity contribution in [2.45, 2.75) is 52.2 Å². The lowest BCUT2D eigenvalue weighted by Gasteiger charge is -2.37. The first-order valence-corrected chi connectivity index (χ1v) is 13.3. The summed E-state index contributed by atoms with van der Waals surface area (Å²) in [5.74, 6) is -0.449. The molecule has 0 amide bonds. The molecule has 196 valence electrons. The molecule has 0 bridgehead atoms. The van der Waals surface area contributed by atoms with Gasteiger partial charge in [-0.05, 0) is 72.7 Å². The molecule has 0 saturated heterocycles. The third kappa shape index (κ3) is 7.17. The fourth-order valence-electron chi connectivity index (χ4n) is 5.00. The Morgan fingerprint density at radius 2 is 1.50 bits per heavy atom. The smallest absolute Gasteiger partial charge is 0.307 e. The molecule has 4 rings (SSSR count). The maximum atomic E-state index is 14.0. The van der Waals surface area contributed by atoms with E-state index in [4.69, 9.17) is 4.74 Å². The van der Waals surface area contributed by atoms with Crippen molar-refractivity contribution in [2.75, 3.05) is 6.61 Å². The highest BCUT2D eigenvalue weighted by Gasteiger charge is 2.29. The number of ether oxygens (including phenoxy) is 1. The Morgan fingerprint density at radius 1 is 0.842 bits per heavy atom. The average Bonchev–Trinajstić information content (AvgIpc) is 2.93. The van der Waals surface area contributed by atoms with Crippen molar-refractivity contribution in [2.24, 2.45) is 0 Å². The molecule has 2 atom stereocenters. The summed E-state index contributed by atoms with van der Waals surface area (Å²) in [6.07, 6.45) is 0.858. The quantitative estimate of drug-likeness (QED) is 0.192. The lowest BCUT2D eigenvalue weighted by molar-refractivity contribution is -0.145. The average molecular weight is 510 g/mol. The predicted octanol–water partition coefficient (Wildman–Crippen LogP) is 7.98. The summed E-state index contributed by atoms with van der Waals surface area (Å²) in [7, 11) is 0. The van der Waals surface area contributed by atoms with Crippen molar-refractivity contribution < 1.29 is 13.9 Å². The van der Waals surface area contributed by atoms with Gasteiger partial charge in [0.25, 0.3) is 0 Å². The SMILES string of the molecule is CCOC(=O)C[C@@H](c1cccc(Cc2cc(F)ccc2C)c1)N(Cc1ccccc1)[C@H](C)c1ccccc1. The van der Waals surface area contributed by atoms with Gasteiger partial charge in [0.1, 0.15) is 5.82 Å². The summed E-state index contributed by atoms with van der Waals surface area (Å²) >= 11 is 0. The van der Waals surface area contributed by atoms with Crippen LogP contribution < -0.4 is 0 Å². The van der Waals surface area contributed by atoms with Crippen LogP contribution in [-0.2, 0) is 22.5 Å². The summed E-state index contributed by atoms with van der Waals surface area (Å²) < 4.78 is 19.4. The number of benzene rings is 4. The van der Waals surface area contributed by atoms with Crippen molar-refractivity contribution in [1.29, 1.82) is 0 Å². The Labute approximate surface area is 225 Å². The zero-order chi connectivity index (χ0) is 26.9. The van der Waals surface area contributed by atoms with Crippen LogP contribution in [0, 0.1) is 12.7 Å². The van der Waals surface area contributed by atoms with E-state index in [-0.39, 0.29) is 30.3 Å². The van der Waals surface area contributed by atoms with Crippen molar-refractivity contribution in [3.63, 3.8) is 0 Å². The van der Waals surface area contributed by atoms with Gasteiger partial charge in [0, 0.05) is 18.6 Å². The number of hydrogen-bond acceptors (Lipinski definition) is 3. The second kappa shape index (κ2) is 13.2. The molecule has 0 fully saturated rings. The van der Waals surface area contributed by atoms with E-state index in [1.165, 1.54) is 17.2 Å². The van der Waals surface area contributed by atoms with E-state index < -0.39 is 0 Å². The van der Waals surface area contributed by atoms with E-state index in [0.717, 1.165) is 22.3 Å². The molecule has 4 heteroatoms. The third-order valence-electron chi connectivity index (χ3n) is 7.09. The summed E-state index contributed by atoms with van der Waals surface area (Å²) in [5.41, 5.74) is 6.51. The summed E-state index contributed by atoms with van der Waals surface area (Å²) in [4.78, 5) is 15.3. The van der Waals surface area contributed by atoms with Crippen LogP contribution in [0.4, 0.5) is 4.39 Å².